The zero-order valence-electron chi connectivity index (χ0n) is 6.62. The van der Waals surface area contributed by atoms with E-state index in [4.69, 9.17) is 0 Å². The summed E-state index contributed by atoms with van der Waals surface area (Å²) in [5.74, 6) is 0. The van der Waals surface area contributed by atoms with E-state index in [1.54, 1.807) is 11.3 Å². The topological polar surface area (TPSA) is 0 Å². The van der Waals surface area contributed by atoms with Crippen LogP contribution < -0.4 is 0 Å². The summed E-state index contributed by atoms with van der Waals surface area (Å²) in [7, 11) is 0. The van der Waals surface area contributed by atoms with Gasteiger partial charge in [-0.05, 0) is 30.4 Å². The SMILES string of the molecule is [CH2]CCCC=Cc1cccs1. The van der Waals surface area contributed by atoms with Crippen LogP contribution in [0.5, 0.6) is 0 Å². The molecule has 0 atom stereocenters. The number of hydrogen-bond donors (Lipinski definition) is 0. The Balaban J connectivity index is 2.25. The van der Waals surface area contributed by atoms with Crippen LogP contribution in [-0.4, -0.2) is 0 Å². The minimum Gasteiger partial charge on any atom is -0.144 e. The normalized spacial score (nSPS) is 11.0. The van der Waals surface area contributed by atoms with E-state index in [1.165, 1.54) is 11.3 Å². The van der Waals surface area contributed by atoms with Gasteiger partial charge in [-0.15, -0.1) is 11.3 Å². The first-order valence-corrected chi connectivity index (χ1v) is 4.81. The summed E-state index contributed by atoms with van der Waals surface area (Å²) in [5.41, 5.74) is 0. The molecule has 0 nitrogen and oxygen atoms in total. The van der Waals surface area contributed by atoms with Crippen molar-refractivity contribution in [3.8, 4) is 0 Å². The zero-order chi connectivity index (χ0) is 7.94. The molecule has 0 amide bonds. The third-order valence-electron chi connectivity index (χ3n) is 1.45. The first kappa shape index (κ1) is 8.54. The lowest BCUT2D eigenvalue weighted by molar-refractivity contribution is 0.868. The molecule has 0 unspecified atom stereocenters. The van der Waals surface area contributed by atoms with Crippen LogP contribution in [0.4, 0.5) is 0 Å². The number of hydrogen-bond acceptors (Lipinski definition) is 1. The maximum absolute atomic E-state index is 3.79. The molecule has 0 aliphatic carbocycles. The Labute approximate surface area is 72.6 Å². The number of rotatable bonds is 4. The van der Waals surface area contributed by atoms with Crippen molar-refractivity contribution >= 4 is 17.4 Å². The molecule has 0 saturated carbocycles. The van der Waals surface area contributed by atoms with Crippen molar-refractivity contribution in [3.63, 3.8) is 0 Å². The molecule has 1 rings (SSSR count). The van der Waals surface area contributed by atoms with Crippen molar-refractivity contribution in [2.24, 2.45) is 0 Å². The fraction of sp³-hybridized carbons (Fsp3) is 0.300. The molecular weight excluding hydrogens is 152 g/mol. The van der Waals surface area contributed by atoms with Crippen LogP contribution in [-0.2, 0) is 0 Å². The molecule has 0 aromatic carbocycles. The molecule has 1 aromatic heterocycles. The predicted molar refractivity (Wildman–Crippen MR) is 52.6 cm³/mol. The fourth-order valence-corrected chi connectivity index (χ4v) is 1.49. The van der Waals surface area contributed by atoms with E-state index < -0.39 is 0 Å². The van der Waals surface area contributed by atoms with Crippen molar-refractivity contribution in [1.82, 2.24) is 0 Å². The Morgan fingerprint density at radius 1 is 1.55 bits per heavy atom. The molecule has 0 N–H and O–H groups in total. The van der Waals surface area contributed by atoms with E-state index in [9.17, 15) is 0 Å². The van der Waals surface area contributed by atoms with Crippen molar-refractivity contribution in [2.45, 2.75) is 19.3 Å². The average molecular weight is 165 g/mol. The summed E-state index contributed by atoms with van der Waals surface area (Å²) in [6.45, 7) is 3.79. The molecule has 11 heavy (non-hydrogen) atoms. The lowest BCUT2D eigenvalue weighted by Gasteiger charge is -1.86. The van der Waals surface area contributed by atoms with Crippen LogP contribution in [0.2, 0.25) is 0 Å². The highest BCUT2D eigenvalue weighted by molar-refractivity contribution is 7.10. The number of thiophene rings is 1. The first-order valence-electron chi connectivity index (χ1n) is 3.93. The first-order chi connectivity index (χ1) is 5.43. The molecule has 0 aliphatic heterocycles. The summed E-state index contributed by atoms with van der Waals surface area (Å²) in [6, 6.07) is 4.21. The molecule has 0 aliphatic rings. The van der Waals surface area contributed by atoms with Crippen LogP contribution >= 0.6 is 11.3 Å². The summed E-state index contributed by atoms with van der Waals surface area (Å²) in [6.07, 6.45) is 7.79. The molecule has 1 heterocycles. The second-order valence-electron chi connectivity index (χ2n) is 2.41. The average Bonchev–Trinajstić information content (AvgIpc) is 2.50. The smallest absolute Gasteiger partial charge is 0.0267 e. The third-order valence-corrected chi connectivity index (χ3v) is 2.28. The van der Waals surface area contributed by atoms with Gasteiger partial charge < -0.3 is 0 Å². The van der Waals surface area contributed by atoms with Gasteiger partial charge in [-0.2, -0.15) is 0 Å². The Bertz CT molecular complexity index is 197. The predicted octanol–water partition coefficient (Wildman–Crippen LogP) is 3.77. The molecular formula is C10H13S. The van der Waals surface area contributed by atoms with Gasteiger partial charge in [0.1, 0.15) is 0 Å². The minimum atomic E-state index is 1.04. The van der Waals surface area contributed by atoms with Crippen molar-refractivity contribution in [2.75, 3.05) is 0 Å². The zero-order valence-corrected chi connectivity index (χ0v) is 7.44. The van der Waals surface area contributed by atoms with E-state index in [0.717, 1.165) is 12.8 Å². The minimum absolute atomic E-state index is 1.04. The van der Waals surface area contributed by atoms with Gasteiger partial charge in [-0.3, -0.25) is 0 Å². The van der Waals surface area contributed by atoms with E-state index in [2.05, 4.69) is 36.6 Å². The highest BCUT2D eigenvalue weighted by Crippen LogP contribution is 2.11. The van der Waals surface area contributed by atoms with Gasteiger partial charge in [0.15, 0.2) is 0 Å². The van der Waals surface area contributed by atoms with Crippen LogP contribution in [0.3, 0.4) is 0 Å². The van der Waals surface area contributed by atoms with Crippen LogP contribution in [0.1, 0.15) is 24.1 Å². The van der Waals surface area contributed by atoms with E-state index >= 15 is 0 Å². The molecule has 0 fully saturated rings. The molecule has 1 aromatic rings. The molecule has 59 valence electrons. The second kappa shape index (κ2) is 5.14. The van der Waals surface area contributed by atoms with Crippen molar-refractivity contribution in [3.05, 3.63) is 35.4 Å². The third kappa shape index (κ3) is 3.38. The molecule has 1 heteroatoms. The van der Waals surface area contributed by atoms with Crippen LogP contribution in [0.25, 0.3) is 6.08 Å². The van der Waals surface area contributed by atoms with Crippen LogP contribution in [0, 0.1) is 6.92 Å². The highest BCUT2D eigenvalue weighted by atomic mass is 32.1. The van der Waals surface area contributed by atoms with E-state index in [1.807, 2.05) is 0 Å². The largest absolute Gasteiger partial charge is 0.144 e. The van der Waals surface area contributed by atoms with Gasteiger partial charge in [0, 0.05) is 4.88 Å². The van der Waals surface area contributed by atoms with Gasteiger partial charge in [-0.1, -0.05) is 25.5 Å². The second-order valence-corrected chi connectivity index (χ2v) is 3.39. The van der Waals surface area contributed by atoms with Gasteiger partial charge in [0.2, 0.25) is 0 Å². The quantitative estimate of drug-likeness (QED) is 0.596. The van der Waals surface area contributed by atoms with Gasteiger partial charge in [0.25, 0.3) is 0 Å². The lowest BCUT2D eigenvalue weighted by atomic mass is 10.2. The maximum Gasteiger partial charge on any atom is 0.0267 e. The molecule has 1 radical (unpaired) electrons. The summed E-state index contributed by atoms with van der Waals surface area (Å²) < 4.78 is 0. The molecule has 0 spiro atoms. The Morgan fingerprint density at radius 2 is 2.45 bits per heavy atom. The maximum atomic E-state index is 3.79. The Hall–Kier alpha value is -0.560. The monoisotopic (exact) mass is 165 g/mol. The Kier molecular flexibility index (Phi) is 3.99. The fourth-order valence-electron chi connectivity index (χ4n) is 0.848. The number of unbranched alkanes of at least 4 members (excludes halogenated alkanes) is 2. The van der Waals surface area contributed by atoms with E-state index in [0.29, 0.717) is 0 Å². The summed E-state index contributed by atoms with van der Waals surface area (Å²) >= 11 is 1.78. The number of allylic oxidation sites excluding steroid dienone is 1. The van der Waals surface area contributed by atoms with Crippen molar-refractivity contribution in [1.29, 1.82) is 0 Å². The summed E-state index contributed by atoms with van der Waals surface area (Å²) in [5, 5.41) is 2.10. The standard InChI is InChI=1S/C10H13S/c1-2-3-4-5-7-10-8-6-9-11-10/h5-9H,1-4H2. The van der Waals surface area contributed by atoms with Crippen LogP contribution in [0.15, 0.2) is 23.6 Å². The Morgan fingerprint density at radius 3 is 3.09 bits per heavy atom. The van der Waals surface area contributed by atoms with Crippen molar-refractivity contribution < 1.29 is 0 Å². The van der Waals surface area contributed by atoms with Gasteiger partial charge >= 0.3 is 0 Å². The highest BCUT2D eigenvalue weighted by Gasteiger charge is 1.83. The van der Waals surface area contributed by atoms with Gasteiger partial charge in [0.05, 0.1) is 0 Å². The lowest BCUT2D eigenvalue weighted by Crippen LogP contribution is -1.65. The van der Waals surface area contributed by atoms with Gasteiger partial charge in [-0.25, -0.2) is 0 Å². The molecule has 0 bridgehead atoms. The molecule has 0 saturated heterocycles. The van der Waals surface area contributed by atoms with E-state index in [-0.39, 0.29) is 0 Å². The summed E-state index contributed by atoms with van der Waals surface area (Å²) in [4.78, 5) is 1.34.